The summed E-state index contributed by atoms with van der Waals surface area (Å²) < 4.78 is 0. The highest BCUT2D eigenvalue weighted by Crippen LogP contribution is 2.27. The summed E-state index contributed by atoms with van der Waals surface area (Å²) in [6.45, 7) is 2.64. The van der Waals surface area contributed by atoms with Gasteiger partial charge in [0.2, 0.25) is 0 Å². The van der Waals surface area contributed by atoms with Crippen LogP contribution >= 0.6 is 0 Å². The molecule has 0 bridgehead atoms. The van der Waals surface area contributed by atoms with Crippen molar-refractivity contribution in [3.8, 4) is 0 Å². The quantitative estimate of drug-likeness (QED) is 0.947. The van der Waals surface area contributed by atoms with Crippen LogP contribution in [0.1, 0.15) is 29.3 Å². The van der Waals surface area contributed by atoms with E-state index in [-0.39, 0.29) is 11.9 Å². The highest BCUT2D eigenvalue weighted by Gasteiger charge is 2.39. The highest BCUT2D eigenvalue weighted by atomic mass is 16.3. The Morgan fingerprint density at radius 1 is 1.09 bits per heavy atom. The zero-order valence-electron chi connectivity index (χ0n) is 12.6. The molecule has 1 saturated heterocycles. The van der Waals surface area contributed by atoms with E-state index < -0.39 is 6.23 Å². The normalized spacial score (nSPS) is 22.0. The second-order valence-electron chi connectivity index (χ2n) is 5.66. The molecule has 1 heterocycles. The second kappa shape index (κ2) is 6.30. The number of amides is 1. The van der Waals surface area contributed by atoms with Crippen LogP contribution < -0.4 is 0 Å². The molecule has 0 radical (unpaired) electrons. The van der Waals surface area contributed by atoms with Crippen LogP contribution in [0.3, 0.4) is 0 Å². The van der Waals surface area contributed by atoms with Gasteiger partial charge in [-0.2, -0.15) is 0 Å². The topological polar surface area (TPSA) is 43.8 Å². The molecule has 1 fully saturated rings. The molecule has 2 atom stereocenters. The number of carbonyl (C=O) groups excluding carboxylic acids is 1. The van der Waals surface area contributed by atoms with Crippen molar-refractivity contribution in [1.29, 1.82) is 0 Å². The fourth-order valence-corrected chi connectivity index (χ4v) is 2.88. The summed E-state index contributed by atoms with van der Waals surface area (Å²) in [5, 5.41) is 13.7. The Morgan fingerprint density at radius 3 is 2.32 bits per heavy atom. The molecule has 114 valence electrons. The van der Waals surface area contributed by atoms with Gasteiger partial charge in [0, 0.05) is 24.6 Å². The lowest BCUT2D eigenvalue weighted by Gasteiger charge is -2.32. The van der Waals surface area contributed by atoms with Gasteiger partial charge < -0.3 is 5.11 Å². The van der Waals surface area contributed by atoms with Crippen molar-refractivity contribution in [3.63, 3.8) is 0 Å². The van der Waals surface area contributed by atoms with Gasteiger partial charge in [0.25, 0.3) is 5.91 Å². The molecule has 1 amide bonds. The number of aliphatic hydroxyl groups is 1. The van der Waals surface area contributed by atoms with Crippen LogP contribution in [0.15, 0.2) is 60.7 Å². The first-order valence-electron chi connectivity index (χ1n) is 7.54. The summed E-state index contributed by atoms with van der Waals surface area (Å²) in [4.78, 5) is 12.7. The molecule has 0 aromatic heterocycles. The number of rotatable bonds is 3. The summed E-state index contributed by atoms with van der Waals surface area (Å²) in [6, 6.07) is 19.2. The predicted molar refractivity (Wildman–Crippen MR) is 84.7 cm³/mol. The fourth-order valence-electron chi connectivity index (χ4n) is 2.88. The van der Waals surface area contributed by atoms with Gasteiger partial charge in [-0.1, -0.05) is 48.5 Å². The lowest BCUT2D eigenvalue weighted by atomic mass is 10.2. The Balaban J connectivity index is 1.85. The summed E-state index contributed by atoms with van der Waals surface area (Å²) in [7, 11) is 0. The predicted octanol–water partition coefficient (Wildman–Crippen LogP) is 2.66. The summed E-state index contributed by atoms with van der Waals surface area (Å²) in [5.74, 6) is -0.159. The van der Waals surface area contributed by atoms with Crippen molar-refractivity contribution in [2.45, 2.75) is 32.2 Å². The molecule has 0 aliphatic carbocycles. The van der Waals surface area contributed by atoms with E-state index in [4.69, 9.17) is 0 Å². The van der Waals surface area contributed by atoms with Gasteiger partial charge in [0.15, 0.2) is 0 Å². The van der Waals surface area contributed by atoms with Gasteiger partial charge in [0.1, 0.15) is 6.23 Å². The summed E-state index contributed by atoms with van der Waals surface area (Å²) >= 11 is 0. The monoisotopic (exact) mass is 296 g/mol. The SMILES string of the molecule is C[C@H]1C[C@@H](O)N(C(=O)c2ccccc2)N1Cc1ccccc1. The number of carbonyl (C=O) groups is 1. The Morgan fingerprint density at radius 2 is 1.68 bits per heavy atom. The number of hydrazine groups is 1. The summed E-state index contributed by atoms with van der Waals surface area (Å²) in [6.07, 6.45) is -0.211. The maximum atomic E-state index is 12.7. The number of benzene rings is 2. The first-order chi connectivity index (χ1) is 10.7. The number of nitrogens with zero attached hydrogens (tertiary/aromatic N) is 2. The molecule has 4 nitrogen and oxygen atoms in total. The molecule has 0 unspecified atom stereocenters. The lowest BCUT2D eigenvalue weighted by Crippen LogP contribution is -2.46. The van der Waals surface area contributed by atoms with Crippen molar-refractivity contribution < 1.29 is 9.90 Å². The van der Waals surface area contributed by atoms with Crippen LogP contribution in [0.2, 0.25) is 0 Å². The first kappa shape index (κ1) is 14.8. The van der Waals surface area contributed by atoms with E-state index >= 15 is 0 Å². The van der Waals surface area contributed by atoms with Crippen molar-refractivity contribution in [1.82, 2.24) is 10.0 Å². The molecule has 1 N–H and O–H groups in total. The number of hydrogen-bond acceptors (Lipinski definition) is 3. The van der Waals surface area contributed by atoms with E-state index in [1.165, 1.54) is 5.01 Å². The third kappa shape index (κ3) is 2.89. The Hall–Kier alpha value is -2.17. The van der Waals surface area contributed by atoms with E-state index in [9.17, 15) is 9.90 Å². The third-order valence-corrected chi connectivity index (χ3v) is 4.04. The fraction of sp³-hybridized carbons (Fsp3) is 0.278. The smallest absolute Gasteiger partial charge is 0.270 e. The van der Waals surface area contributed by atoms with Crippen LogP contribution in [0.25, 0.3) is 0 Å². The molecule has 1 aliphatic rings. The molecule has 4 heteroatoms. The van der Waals surface area contributed by atoms with Crippen molar-refractivity contribution >= 4 is 5.91 Å². The molecular formula is C18H20N2O2. The van der Waals surface area contributed by atoms with E-state index in [1.54, 1.807) is 12.1 Å². The maximum absolute atomic E-state index is 12.7. The van der Waals surface area contributed by atoms with Crippen LogP contribution in [-0.4, -0.2) is 33.3 Å². The van der Waals surface area contributed by atoms with E-state index in [2.05, 4.69) is 0 Å². The van der Waals surface area contributed by atoms with E-state index in [1.807, 2.05) is 60.5 Å². The van der Waals surface area contributed by atoms with Gasteiger partial charge in [0.05, 0.1) is 0 Å². The van der Waals surface area contributed by atoms with Gasteiger partial charge in [-0.05, 0) is 24.6 Å². The Labute approximate surface area is 130 Å². The number of aliphatic hydroxyl groups excluding tert-OH is 1. The van der Waals surface area contributed by atoms with Crippen LogP contribution in [0, 0.1) is 0 Å². The van der Waals surface area contributed by atoms with Crippen LogP contribution in [0.5, 0.6) is 0 Å². The lowest BCUT2D eigenvalue weighted by molar-refractivity contribution is -0.0677. The maximum Gasteiger partial charge on any atom is 0.270 e. The largest absolute Gasteiger partial charge is 0.372 e. The molecule has 3 rings (SSSR count). The third-order valence-electron chi connectivity index (χ3n) is 4.04. The minimum atomic E-state index is -0.772. The Bertz CT molecular complexity index is 630. The minimum Gasteiger partial charge on any atom is -0.372 e. The van der Waals surface area contributed by atoms with Gasteiger partial charge in [-0.15, -0.1) is 0 Å². The molecule has 2 aromatic carbocycles. The standard InChI is InChI=1S/C18H20N2O2/c1-14-12-17(21)20(18(22)16-10-6-3-7-11-16)19(14)13-15-8-4-2-5-9-15/h2-11,14,17,21H,12-13H2,1H3/t14-,17+/m0/s1. The molecule has 0 saturated carbocycles. The molecule has 0 spiro atoms. The Kier molecular flexibility index (Phi) is 4.22. The zero-order valence-corrected chi connectivity index (χ0v) is 12.6. The minimum absolute atomic E-state index is 0.114. The van der Waals surface area contributed by atoms with Crippen molar-refractivity contribution in [3.05, 3.63) is 71.8 Å². The number of hydrogen-bond donors (Lipinski definition) is 1. The molecular weight excluding hydrogens is 276 g/mol. The van der Waals surface area contributed by atoms with Crippen LogP contribution in [0.4, 0.5) is 0 Å². The zero-order chi connectivity index (χ0) is 15.5. The first-order valence-corrected chi connectivity index (χ1v) is 7.54. The van der Waals surface area contributed by atoms with Gasteiger partial charge in [-0.25, -0.2) is 10.0 Å². The van der Waals surface area contributed by atoms with Crippen molar-refractivity contribution in [2.75, 3.05) is 0 Å². The molecule has 22 heavy (non-hydrogen) atoms. The molecule has 2 aromatic rings. The summed E-state index contributed by atoms with van der Waals surface area (Å²) in [5.41, 5.74) is 1.71. The average Bonchev–Trinajstić information content (AvgIpc) is 2.82. The van der Waals surface area contributed by atoms with E-state index in [0.717, 1.165) is 5.56 Å². The second-order valence-corrected chi connectivity index (χ2v) is 5.66. The van der Waals surface area contributed by atoms with Gasteiger partial charge in [-0.3, -0.25) is 4.79 Å². The highest BCUT2D eigenvalue weighted by molar-refractivity contribution is 5.94. The van der Waals surface area contributed by atoms with Gasteiger partial charge >= 0.3 is 0 Å². The van der Waals surface area contributed by atoms with Crippen molar-refractivity contribution in [2.24, 2.45) is 0 Å². The van der Waals surface area contributed by atoms with Crippen LogP contribution in [-0.2, 0) is 6.54 Å². The molecule has 1 aliphatic heterocycles. The average molecular weight is 296 g/mol. The van der Waals surface area contributed by atoms with E-state index in [0.29, 0.717) is 18.5 Å².